The fourth-order valence-corrected chi connectivity index (χ4v) is 1.21. The number of rotatable bonds is 2. The molecule has 0 aromatic heterocycles. The first-order valence-electron chi connectivity index (χ1n) is 3.39. The summed E-state index contributed by atoms with van der Waals surface area (Å²) in [6.07, 6.45) is 0. The number of anilines is 1. The van der Waals surface area contributed by atoms with Gasteiger partial charge in [0.05, 0.1) is 0 Å². The Hall–Kier alpha value is -0.731. The van der Waals surface area contributed by atoms with Crippen molar-refractivity contribution >= 4 is 5.69 Å². The minimum atomic E-state index is -0.342. The zero-order valence-corrected chi connectivity index (χ0v) is 7.90. The predicted molar refractivity (Wildman–Crippen MR) is 41.3 cm³/mol. The number of nitrogens with one attached hydrogen (secondary N) is 1. The van der Waals surface area contributed by atoms with Crippen LogP contribution in [0.4, 0.5) is 10.1 Å². The molecule has 1 rings (SSSR count). The van der Waals surface area contributed by atoms with Gasteiger partial charge in [0.25, 0.3) is 0 Å². The average Bonchev–Trinajstić information content (AvgIpc) is 2.10. The molecule has 0 saturated carbocycles. The molecule has 0 amide bonds. The van der Waals surface area contributed by atoms with Crippen LogP contribution < -0.4 is 9.07 Å². The van der Waals surface area contributed by atoms with Gasteiger partial charge in [-0.05, 0) is 0 Å². The zero-order valence-electron chi connectivity index (χ0n) is 6.79. The molecule has 0 aliphatic heterocycles. The fraction of sp³-hybridized carbons (Fsp3) is 0.250. The van der Waals surface area contributed by atoms with Crippen molar-refractivity contribution in [1.82, 2.24) is 0 Å². The van der Waals surface area contributed by atoms with Gasteiger partial charge in [0.1, 0.15) is 0 Å². The number of hydrogen-bond acceptors (Lipinski definition) is 2. The quantitative estimate of drug-likeness (QED) is 0.754. The zero-order chi connectivity index (χ0) is 9.14. The maximum absolute atomic E-state index is 13.3. The van der Waals surface area contributed by atoms with Crippen molar-refractivity contribution in [2.75, 3.05) is 11.4 Å². The molecule has 0 fully saturated rings. The molecule has 0 aliphatic rings. The van der Waals surface area contributed by atoms with Gasteiger partial charge in [0.15, 0.2) is 0 Å². The molecule has 0 aliphatic carbocycles. The van der Waals surface area contributed by atoms with Gasteiger partial charge < -0.3 is 0 Å². The Kier molecular flexibility index (Phi) is 2.95. The van der Waals surface area contributed by atoms with E-state index < -0.39 is 0 Å². The van der Waals surface area contributed by atoms with E-state index >= 15 is 0 Å². The van der Waals surface area contributed by atoms with Gasteiger partial charge in [-0.3, -0.25) is 0 Å². The van der Waals surface area contributed by atoms with Crippen LogP contribution in [0.1, 0.15) is 5.56 Å². The number of benzene rings is 1. The number of methoxy groups -OCH3 is 1. The summed E-state index contributed by atoms with van der Waals surface area (Å²) in [5.74, 6) is -0.0855. The van der Waals surface area contributed by atoms with Crippen molar-refractivity contribution < 1.29 is 25.4 Å². The Morgan fingerprint density at radius 3 is 2.67 bits per heavy atom. The van der Waals surface area contributed by atoms with Crippen LogP contribution >= 0.6 is 0 Å². The van der Waals surface area contributed by atoms with E-state index in [9.17, 15) is 4.39 Å². The van der Waals surface area contributed by atoms with Crippen molar-refractivity contribution in [3.8, 4) is 5.75 Å². The Morgan fingerprint density at radius 1 is 1.50 bits per heavy atom. The molecule has 12 heavy (non-hydrogen) atoms. The van der Waals surface area contributed by atoms with Gasteiger partial charge in [0.2, 0.25) is 0 Å². The Balaban J connectivity index is 3.20. The number of hydrogen-bond donors (Lipinski definition) is 1. The van der Waals surface area contributed by atoms with Crippen molar-refractivity contribution in [1.29, 1.82) is 0 Å². The Morgan fingerprint density at radius 2 is 2.17 bits per heavy atom. The van der Waals surface area contributed by atoms with Crippen LogP contribution in [0.2, 0.25) is 0 Å². The van der Waals surface area contributed by atoms with E-state index in [4.69, 9.17) is 4.74 Å². The van der Waals surface area contributed by atoms with Crippen molar-refractivity contribution in [3.05, 3.63) is 23.5 Å². The van der Waals surface area contributed by atoms with Gasteiger partial charge in [-0.15, -0.1) is 0 Å². The summed E-state index contributed by atoms with van der Waals surface area (Å²) in [6, 6.07) is 3.29. The molecule has 0 saturated heterocycles. The SMILES string of the molecule is COc1ccc([NH][Fe])c(C)c1F. The second-order valence-corrected chi connectivity index (χ2v) is 2.62. The van der Waals surface area contributed by atoms with E-state index in [1.807, 2.05) is 0 Å². The van der Waals surface area contributed by atoms with Crippen LogP contribution in [0.25, 0.3) is 0 Å². The normalized spacial score (nSPS) is 9.67. The van der Waals surface area contributed by atoms with Gasteiger partial charge in [-0.25, -0.2) is 0 Å². The number of halogens is 1. The third-order valence-electron chi connectivity index (χ3n) is 1.67. The monoisotopic (exact) mass is 210 g/mol. The second-order valence-electron chi connectivity index (χ2n) is 2.34. The molecule has 0 bridgehead atoms. The first kappa shape index (κ1) is 9.36. The molecule has 67 valence electrons. The van der Waals surface area contributed by atoms with Crippen LogP contribution in [0.15, 0.2) is 12.1 Å². The van der Waals surface area contributed by atoms with Gasteiger partial charge >= 0.3 is 78.7 Å². The van der Waals surface area contributed by atoms with E-state index in [1.165, 1.54) is 7.11 Å². The van der Waals surface area contributed by atoms with Crippen LogP contribution in [-0.2, 0) is 16.2 Å². The van der Waals surface area contributed by atoms with E-state index in [1.54, 1.807) is 19.1 Å². The molecule has 1 N–H and O–H groups in total. The van der Waals surface area contributed by atoms with Gasteiger partial charge in [-0.2, -0.15) is 0 Å². The fourth-order valence-electron chi connectivity index (χ4n) is 0.914. The summed E-state index contributed by atoms with van der Waals surface area (Å²) < 4.78 is 20.7. The summed E-state index contributed by atoms with van der Waals surface area (Å²) >= 11 is 3.46. The van der Waals surface area contributed by atoms with Crippen LogP contribution in [0, 0.1) is 12.7 Å². The Bertz CT molecular complexity index is 262. The molecule has 0 spiro atoms. The van der Waals surface area contributed by atoms with E-state index in [0.717, 1.165) is 0 Å². The van der Waals surface area contributed by atoms with E-state index in [0.29, 0.717) is 11.3 Å². The number of ether oxygens (including phenoxy) is 1. The third-order valence-corrected chi connectivity index (χ3v) is 1.96. The standard InChI is InChI=1S/C8H9FNO.Fe/c1-5-6(10)3-4-7(11-2)8(5)9;/h3-4,10H,1-2H3;/q-1;+1. The first-order chi connectivity index (χ1) is 5.70. The molecule has 1 aromatic carbocycles. The van der Waals surface area contributed by atoms with Crippen molar-refractivity contribution in [2.45, 2.75) is 6.92 Å². The maximum atomic E-state index is 13.3. The third kappa shape index (κ3) is 1.54. The molecule has 0 radical (unpaired) electrons. The topological polar surface area (TPSA) is 21.3 Å². The van der Waals surface area contributed by atoms with Crippen molar-refractivity contribution in [2.24, 2.45) is 0 Å². The van der Waals surface area contributed by atoms with Crippen LogP contribution in [0.5, 0.6) is 5.75 Å². The van der Waals surface area contributed by atoms with Gasteiger partial charge in [0, 0.05) is 0 Å². The summed E-state index contributed by atoms with van der Waals surface area (Å²) in [7, 11) is 1.44. The molecule has 0 atom stereocenters. The molecule has 0 heterocycles. The minimum absolute atomic E-state index is 0.256. The molecular weight excluding hydrogens is 201 g/mol. The molecular formula is C8H9FFeNO. The van der Waals surface area contributed by atoms with Crippen LogP contribution in [-0.4, -0.2) is 7.11 Å². The summed E-state index contributed by atoms with van der Waals surface area (Å²) in [6.45, 7) is 1.67. The second kappa shape index (κ2) is 3.78. The summed E-state index contributed by atoms with van der Waals surface area (Å²) in [4.78, 5) is 0. The predicted octanol–water partition coefficient (Wildman–Crippen LogP) is 2.02. The Labute approximate surface area is 79.1 Å². The summed E-state index contributed by atoms with van der Waals surface area (Å²) in [5, 5.41) is 0. The van der Waals surface area contributed by atoms with E-state index in [-0.39, 0.29) is 11.6 Å². The van der Waals surface area contributed by atoms with Crippen molar-refractivity contribution in [3.63, 3.8) is 0 Å². The first-order valence-corrected chi connectivity index (χ1v) is 3.94. The molecule has 2 nitrogen and oxygen atoms in total. The van der Waals surface area contributed by atoms with Gasteiger partial charge in [-0.1, -0.05) is 0 Å². The molecule has 4 heteroatoms. The summed E-state index contributed by atoms with van der Waals surface area (Å²) in [5.41, 5.74) is 1.19. The van der Waals surface area contributed by atoms with Crippen LogP contribution in [0.3, 0.4) is 0 Å². The molecule has 0 unspecified atom stereocenters. The van der Waals surface area contributed by atoms with E-state index in [2.05, 4.69) is 20.6 Å². The average molecular weight is 210 g/mol. The molecule has 1 aromatic rings.